The van der Waals surface area contributed by atoms with E-state index in [1.54, 1.807) is 0 Å². The summed E-state index contributed by atoms with van der Waals surface area (Å²) in [6, 6.07) is 0. The van der Waals surface area contributed by atoms with Gasteiger partial charge in [-0.2, -0.15) is 0 Å². The van der Waals surface area contributed by atoms with E-state index in [0.29, 0.717) is 5.92 Å². The van der Waals surface area contributed by atoms with Crippen molar-refractivity contribution in [1.29, 1.82) is 0 Å². The van der Waals surface area contributed by atoms with Crippen molar-refractivity contribution >= 4 is 22.9 Å². The molecule has 3 aliphatic rings. The first-order valence-corrected chi connectivity index (χ1v) is 7.33. The number of thioether (sulfide) groups is 1. The number of rotatable bonds is 0. The van der Waals surface area contributed by atoms with E-state index in [1.807, 2.05) is 0 Å². The molecular weight excluding hydrogens is 234 g/mol. The summed E-state index contributed by atoms with van der Waals surface area (Å²) in [6.07, 6.45) is 8.64. The highest BCUT2D eigenvalue weighted by molar-refractivity contribution is 8.18. The van der Waals surface area contributed by atoms with E-state index in [-0.39, 0.29) is 11.1 Å². The molecule has 2 aliphatic carbocycles. The van der Waals surface area contributed by atoms with Gasteiger partial charge in [0.1, 0.15) is 0 Å². The van der Waals surface area contributed by atoms with E-state index >= 15 is 0 Å². The number of imide groups is 1. The third kappa shape index (κ3) is 2.03. The number of hydrogen-bond acceptors (Lipinski definition) is 3. The molecule has 2 saturated carbocycles. The Balaban J connectivity index is 1.92. The van der Waals surface area contributed by atoms with Gasteiger partial charge in [-0.15, -0.1) is 0 Å². The van der Waals surface area contributed by atoms with E-state index < -0.39 is 0 Å². The maximum atomic E-state index is 11.7. The molecular formula is C13H17NO2S. The summed E-state index contributed by atoms with van der Waals surface area (Å²) in [5.74, 6) is 1.20. The smallest absolute Gasteiger partial charge is 0.282 e. The van der Waals surface area contributed by atoms with Crippen LogP contribution in [0.5, 0.6) is 0 Å². The number of carbonyl (C=O) groups is 2. The molecule has 3 nitrogen and oxygen atoms in total. The lowest BCUT2D eigenvalue weighted by molar-refractivity contribution is -0.115. The minimum atomic E-state index is -0.199. The average Bonchev–Trinajstić information content (AvgIpc) is 2.68. The second-order valence-corrected chi connectivity index (χ2v) is 6.22. The molecule has 0 aromatic heterocycles. The van der Waals surface area contributed by atoms with Crippen molar-refractivity contribution in [3.8, 4) is 0 Å². The molecule has 0 radical (unpaired) electrons. The normalized spacial score (nSPS) is 37.9. The van der Waals surface area contributed by atoms with Crippen LogP contribution in [0, 0.1) is 11.8 Å². The third-order valence-electron chi connectivity index (χ3n) is 4.29. The Hall–Kier alpha value is -0.770. The molecule has 0 bridgehead atoms. The summed E-state index contributed by atoms with van der Waals surface area (Å²) in [7, 11) is 0. The zero-order valence-electron chi connectivity index (χ0n) is 9.83. The molecule has 1 N–H and O–H groups in total. The first-order valence-electron chi connectivity index (χ1n) is 6.52. The summed E-state index contributed by atoms with van der Waals surface area (Å²) in [6.45, 7) is 0. The van der Waals surface area contributed by atoms with Crippen LogP contribution in [0.1, 0.15) is 44.9 Å². The van der Waals surface area contributed by atoms with E-state index in [2.05, 4.69) is 5.32 Å². The fourth-order valence-electron chi connectivity index (χ4n) is 3.56. The van der Waals surface area contributed by atoms with Crippen LogP contribution in [-0.2, 0) is 4.79 Å². The maximum absolute atomic E-state index is 11.7. The summed E-state index contributed by atoms with van der Waals surface area (Å²) < 4.78 is 0. The van der Waals surface area contributed by atoms with Crippen molar-refractivity contribution in [2.24, 2.45) is 11.8 Å². The standard InChI is InChI=1S/C13H17NO2S/c15-12-11(17-13(16)14-12)10-7-3-5-8-4-1-2-6-9(8)10/h8-9H,1-7H2,(H,14,15,16)/b11-10-. The highest BCUT2D eigenvalue weighted by atomic mass is 32.2. The topological polar surface area (TPSA) is 46.2 Å². The number of hydrogen-bond donors (Lipinski definition) is 1. The van der Waals surface area contributed by atoms with Gasteiger partial charge in [0.25, 0.3) is 11.1 Å². The molecule has 3 rings (SSSR count). The molecule has 2 amide bonds. The average molecular weight is 251 g/mol. The van der Waals surface area contributed by atoms with Gasteiger partial charge in [0, 0.05) is 0 Å². The molecule has 2 atom stereocenters. The Kier molecular flexibility index (Phi) is 2.99. The molecule has 17 heavy (non-hydrogen) atoms. The highest BCUT2D eigenvalue weighted by Gasteiger charge is 2.37. The van der Waals surface area contributed by atoms with Crippen LogP contribution in [0.15, 0.2) is 10.5 Å². The molecule has 0 spiro atoms. The Labute approximate surface area is 105 Å². The van der Waals surface area contributed by atoms with Crippen molar-refractivity contribution in [1.82, 2.24) is 5.32 Å². The Bertz CT molecular complexity index is 400. The number of nitrogens with one attached hydrogen (secondary N) is 1. The van der Waals surface area contributed by atoms with E-state index in [1.165, 1.54) is 44.1 Å². The summed E-state index contributed by atoms with van der Waals surface area (Å²) in [5, 5.41) is 2.19. The Morgan fingerprint density at radius 1 is 1.06 bits per heavy atom. The number of amides is 2. The number of carbonyl (C=O) groups excluding carboxylic acids is 2. The number of fused-ring (bicyclic) bond motifs is 1. The Morgan fingerprint density at radius 3 is 2.59 bits per heavy atom. The van der Waals surface area contributed by atoms with Gasteiger partial charge in [-0.1, -0.05) is 12.8 Å². The van der Waals surface area contributed by atoms with Crippen LogP contribution in [0.2, 0.25) is 0 Å². The summed E-state index contributed by atoms with van der Waals surface area (Å²) in [4.78, 5) is 23.7. The molecule has 0 aromatic carbocycles. The van der Waals surface area contributed by atoms with E-state index in [4.69, 9.17) is 0 Å². The first kappa shape index (κ1) is 11.3. The highest BCUT2D eigenvalue weighted by Crippen LogP contribution is 2.46. The fourth-order valence-corrected chi connectivity index (χ4v) is 4.42. The lowest BCUT2D eigenvalue weighted by atomic mass is 9.68. The fraction of sp³-hybridized carbons (Fsp3) is 0.692. The molecule has 1 heterocycles. The van der Waals surface area contributed by atoms with Gasteiger partial charge in [-0.3, -0.25) is 14.9 Å². The van der Waals surface area contributed by atoms with Gasteiger partial charge in [0.15, 0.2) is 0 Å². The van der Waals surface area contributed by atoms with Crippen molar-refractivity contribution in [3.05, 3.63) is 10.5 Å². The molecule has 1 saturated heterocycles. The van der Waals surface area contributed by atoms with Crippen LogP contribution in [0.3, 0.4) is 0 Å². The van der Waals surface area contributed by atoms with Gasteiger partial charge < -0.3 is 0 Å². The van der Waals surface area contributed by atoms with Crippen LogP contribution < -0.4 is 5.32 Å². The third-order valence-corrected chi connectivity index (χ3v) is 5.23. The second-order valence-electron chi connectivity index (χ2n) is 5.24. The van der Waals surface area contributed by atoms with Gasteiger partial charge in [0.2, 0.25) is 0 Å². The lowest BCUT2D eigenvalue weighted by Gasteiger charge is -2.38. The van der Waals surface area contributed by atoms with Gasteiger partial charge in [-0.05, 0) is 61.3 Å². The summed E-state index contributed by atoms with van der Waals surface area (Å²) in [5.41, 5.74) is 1.29. The Morgan fingerprint density at radius 2 is 1.82 bits per heavy atom. The molecule has 3 fully saturated rings. The zero-order chi connectivity index (χ0) is 11.8. The van der Waals surface area contributed by atoms with Crippen LogP contribution in [0.4, 0.5) is 4.79 Å². The molecule has 1 aliphatic heterocycles. The quantitative estimate of drug-likeness (QED) is 0.672. The minimum absolute atomic E-state index is 0.152. The van der Waals surface area contributed by atoms with Gasteiger partial charge >= 0.3 is 0 Å². The number of allylic oxidation sites excluding steroid dienone is 1. The second kappa shape index (κ2) is 4.48. The van der Waals surface area contributed by atoms with Crippen molar-refractivity contribution < 1.29 is 9.59 Å². The largest absolute Gasteiger partial charge is 0.290 e. The van der Waals surface area contributed by atoms with Crippen LogP contribution in [0.25, 0.3) is 0 Å². The first-order chi connectivity index (χ1) is 8.25. The molecule has 0 aromatic rings. The minimum Gasteiger partial charge on any atom is -0.282 e. The molecule has 2 unspecified atom stereocenters. The van der Waals surface area contributed by atoms with E-state index in [0.717, 1.165) is 29.0 Å². The van der Waals surface area contributed by atoms with Crippen molar-refractivity contribution in [3.63, 3.8) is 0 Å². The van der Waals surface area contributed by atoms with E-state index in [9.17, 15) is 9.59 Å². The van der Waals surface area contributed by atoms with Crippen molar-refractivity contribution in [2.45, 2.75) is 44.9 Å². The summed E-state index contributed by atoms with van der Waals surface area (Å²) >= 11 is 1.12. The van der Waals surface area contributed by atoms with Crippen molar-refractivity contribution in [2.75, 3.05) is 0 Å². The predicted octanol–water partition coefficient (Wildman–Crippen LogP) is 3.21. The maximum Gasteiger partial charge on any atom is 0.290 e. The lowest BCUT2D eigenvalue weighted by Crippen LogP contribution is -2.27. The zero-order valence-corrected chi connectivity index (χ0v) is 10.6. The molecule has 92 valence electrons. The van der Waals surface area contributed by atoms with Gasteiger partial charge in [-0.25, -0.2) is 0 Å². The van der Waals surface area contributed by atoms with Crippen LogP contribution >= 0.6 is 11.8 Å². The SMILES string of the molecule is O=C1NC(=O)/C(=C2\CCCC3CCCCC23)S1. The predicted molar refractivity (Wildman–Crippen MR) is 67.5 cm³/mol. The van der Waals surface area contributed by atoms with Crippen LogP contribution in [-0.4, -0.2) is 11.1 Å². The van der Waals surface area contributed by atoms with Gasteiger partial charge in [0.05, 0.1) is 4.91 Å². The molecule has 4 heteroatoms. The monoisotopic (exact) mass is 251 g/mol.